The maximum atomic E-state index is 5.61. The Bertz CT molecular complexity index is 491. The van der Waals surface area contributed by atoms with Crippen molar-refractivity contribution in [3.05, 3.63) is 30.0 Å². The summed E-state index contributed by atoms with van der Waals surface area (Å²) >= 11 is 0. The Morgan fingerprint density at radius 3 is 2.53 bits per heavy atom. The van der Waals surface area contributed by atoms with Crippen molar-refractivity contribution in [3.8, 4) is 11.5 Å². The summed E-state index contributed by atoms with van der Waals surface area (Å²) in [6.45, 7) is 8.83. The molecule has 0 fully saturated rings. The molecule has 0 aliphatic carbocycles. The van der Waals surface area contributed by atoms with Crippen molar-refractivity contribution in [1.82, 2.24) is 10.3 Å². The largest absolute Gasteiger partial charge is 0.458 e. The van der Waals surface area contributed by atoms with Gasteiger partial charge in [-0.3, -0.25) is 0 Å². The number of furan rings is 1. The number of rotatable bonds is 3. The van der Waals surface area contributed by atoms with Gasteiger partial charge in [0, 0.05) is 5.54 Å². The summed E-state index contributed by atoms with van der Waals surface area (Å²) in [7, 11) is 0. The van der Waals surface area contributed by atoms with E-state index < -0.39 is 0 Å². The van der Waals surface area contributed by atoms with Gasteiger partial charge in [-0.2, -0.15) is 0 Å². The van der Waals surface area contributed by atoms with Crippen molar-refractivity contribution in [2.45, 2.75) is 39.8 Å². The molecule has 0 bridgehead atoms. The number of nitrogens with one attached hydrogen (secondary N) is 1. The topological polar surface area (TPSA) is 51.2 Å². The third kappa shape index (κ3) is 3.20. The van der Waals surface area contributed by atoms with Gasteiger partial charge in [0.25, 0.3) is 0 Å². The van der Waals surface area contributed by atoms with Crippen molar-refractivity contribution in [2.24, 2.45) is 0 Å². The Morgan fingerprint density at radius 2 is 1.94 bits per heavy atom. The lowest BCUT2D eigenvalue weighted by Crippen LogP contribution is -2.35. The first-order chi connectivity index (χ1) is 7.94. The fraction of sp³-hybridized carbons (Fsp3) is 0.462. The summed E-state index contributed by atoms with van der Waals surface area (Å²) in [5.41, 5.74) is 0.0515. The Labute approximate surface area is 101 Å². The van der Waals surface area contributed by atoms with E-state index in [4.69, 9.17) is 8.83 Å². The fourth-order valence-electron chi connectivity index (χ4n) is 1.41. The lowest BCUT2D eigenvalue weighted by atomic mass is 10.1. The molecule has 2 rings (SSSR count). The molecule has 0 spiro atoms. The summed E-state index contributed by atoms with van der Waals surface area (Å²) in [4.78, 5) is 4.22. The highest BCUT2D eigenvalue weighted by Crippen LogP contribution is 2.22. The van der Waals surface area contributed by atoms with E-state index in [0.717, 1.165) is 11.5 Å². The molecule has 0 aliphatic rings. The van der Waals surface area contributed by atoms with Crippen molar-refractivity contribution in [1.29, 1.82) is 0 Å². The van der Waals surface area contributed by atoms with Crippen LogP contribution in [0.4, 0.5) is 0 Å². The highest BCUT2D eigenvalue weighted by atomic mass is 16.4. The first-order valence-electron chi connectivity index (χ1n) is 5.70. The van der Waals surface area contributed by atoms with Crippen LogP contribution in [0.1, 0.15) is 32.4 Å². The van der Waals surface area contributed by atoms with E-state index in [0.29, 0.717) is 18.2 Å². The molecule has 0 aromatic carbocycles. The van der Waals surface area contributed by atoms with E-state index in [1.807, 2.05) is 19.1 Å². The molecule has 92 valence electrons. The van der Waals surface area contributed by atoms with E-state index >= 15 is 0 Å². The summed E-state index contributed by atoms with van der Waals surface area (Å²) in [6.07, 6.45) is 1.69. The zero-order valence-corrected chi connectivity index (χ0v) is 10.7. The van der Waals surface area contributed by atoms with Crippen LogP contribution < -0.4 is 5.32 Å². The Hall–Kier alpha value is -1.55. The van der Waals surface area contributed by atoms with E-state index in [9.17, 15) is 0 Å². The van der Waals surface area contributed by atoms with Crippen LogP contribution in [-0.2, 0) is 6.54 Å². The minimum absolute atomic E-state index is 0.0515. The summed E-state index contributed by atoms with van der Waals surface area (Å²) in [5, 5.41) is 3.32. The van der Waals surface area contributed by atoms with Crippen LogP contribution in [0.5, 0.6) is 0 Å². The lowest BCUT2D eigenvalue weighted by molar-refractivity contribution is 0.381. The Morgan fingerprint density at radius 1 is 1.18 bits per heavy atom. The summed E-state index contributed by atoms with van der Waals surface area (Å²) in [5.74, 6) is 2.93. The van der Waals surface area contributed by atoms with E-state index in [1.165, 1.54) is 0 Å². The molecule has 0 radical (unpaired) electrons. The first kappa shape index (κ1) is 11.9. The predicted molar refractivity (Wildman–Crippen MR) is 65.5 cm³/mol. The van der Waals surface area contributed by atoms with Crippen LogP contribution in [0.3, 0.4) is 0 Å². The number of hydrogen-bond donors (Lipinski definition) is 1. The van der Waals surface area contributed by atoms with Crippen LogP contribution in [0.25, 0.3) is 11.5 Å². The quantitative estimate of drug-likeness (QED) is 0.886. The van der Waals surface area contributed by atoms with Gasteiger partial charge < -0.3 is 14.2 Å². The fourth-order valence-corrected chi connectivity index (χ4v) is 1.41. The van der Waals surface area contributed by atoms with Gasteiger partial charge in [0.05, 0.1) is 12.7 Å². The number of oxazole rings is 1. The van der Waals surface area contributed by atoms with E-state index in [2.05, 4.69) is 31.1 Å². The predicted octanol–water partition coefficient (Wildman–Crippen LogP) is 3.13. The second kappa shape index (κ2) is 4.37. The van der Waals surface area contributed by atoms with Gasteiger partial charge in [-0.15, -0.1) is 0 Å². The normalized spacial score (nSPS) is 12.0. The maximum absolute atomic E-state index is 5.61. The molecule has 2 aromatic rings. The van der Waals surface area contributed by atoms with Crippen LogP contribution in [-0.4, -0.2) is 10.5 Å². The molecule has 17 heavy (non-hydrogen) atoms. The Balaban J connectivity index is 2.06. The van der Waals surface area contributed by atoms with Crippen molar-refractivity contribution in [3.63, 3.8) is 0 Å². The molecule has 0 saturated carbocycles. The van der Waals surface area contributed by atoms with Gasteiger partial charge in [-0.1, -0.05) is 0 Å². The van der Waals surface area contributed by atoms with Crippen molar-refractivity contribution >= 4 is 0 Å². The molecule has 0 amide bonds. The van der Waals surface area contributed by atoms with Crippen LogP contribution in [0, 0.1) is 6.92 Å². The van der Waals surface area contributed by atoms with Crippen molar-refractivity contribution in [2.75, 3.05) is 0 Å². The molecule has 0 unspecified atom stereocenters. The first-order valence-corrected chi connectivity index (χ1v) is 5.70. The molecule has 0 atom stereocenters. The standard InChI is InChI=1S/C13H18N2O2/c1-9-5-6-10(16-9)11-7-14-12(17-11)8-15-13(2,3)4/h5-7,15H,8H2,1-4H3. The van der Waals surface area contributed by atoms with Gasteiger partial charge in [0.15, 0.2) is 11.5 Å². The van der Waals surface area contributed by atoms with Gasteiger partial charge in [0.1, 0.15) is 5.76 Å². The molecule has 2 aromatic heterocycles. The van der Waals surface area contributed by atoms with Gasteiger partial charge in [0.2, 0.25) is 5.89 Å². The third-order valence-electron chi connectivity index (χ3n) is 2.31. The highest BCUT2D eigenvalue weighted by Gasteiger charge is 2.13. The second-order valence-corrected chi connectivity index (χ2v) is 5.13. The van der Waals surface area contributed by atoms with E-state index in [1.54, 1.807) is 6.20 Å². The second-order valence-electron chi connectivity index (χ2n) is 5.13. The van der Waals surface area contributed by atoms with Gasteiger partial charge in [-0.05, 0) is 39.8 Å². The molecular weight excluding hydrogens is 216 g/mol. The minimum atomic E-state index is 0.0515. The van der Waals surface area contributed by atoms with Crippen molar-refractivity contribution < 1.29 is 8.83 Å². The number of nitrogens with zero attached hydrogens (tertiary/aromatic N) is 1. The summed E-state index contributed by atoms with van der Waals surface area (Å²) < 4.78 is 11.1. The number of aromatic nitrogens is 1. The maximum Gasteiger partial charge on any atom is 0.209 e. The molecule has 4 heteroatoms. The third-order valence-corrected chi connectivity index (χ3v) is 2.31. The average Bonchev–Trinajstić information content (AvgIpc) is 2.81. The minimum Gasteiger partial charge on any atom is -0.458 e. The van der Waals surface area contributed by atoms with E-state index in [-0.39, 0.29) is 5.54 Å². The van der Waals surface area contributed by atoms with Crippen LogP contribution in [0.15, 0.2) is 27.2 Å². The smallest absolute Gasteiger partial charge is 0.209 e. The molecule has 0 saturated heterocycles. The zero-order valence-electron chi connectivity index (χ0n) is 10.7. The van der Waals surface area contributed by atoms with Gasteiger partial charge >= 0.3 is 0 Å². The zero-order chi connectivity index (χ0) is 12.5. The lowest BCUT2D eigenvalue weighted by Gasteiger charge is -2.18. The number of aryl methyl sites for hydroxylation is 1. The SMILES string of the molecule is Cc1ccc(-c2cnc(CNC(C)(C)C)o2)o1. The molecule has 1 N–H and O–H groups in total. The molecule has 4 nitrogen and oxygen atoms in total. The molecular formula is C13H18N2O2. The Kier molecular flexibility index (Phi) is 3.07. The molecule has 0 aliphatic heterocycles. The monoisotopic (exact) mass is 234 g/mol. The molecule has 2 heterocycles. The van der Waals surface area contributed by atoms with Crippen LogP contribution in [0.2, 0.25) is 0 Å². The van der Waals surface area contributed by atoms with Gasteiger partial charge in [-0.25, -0.2) is 4.98 Å². The highest BCUT2D eigenvalue weighted by molar-refractivity contribution is 5.48. The number of hydrogen-bond acceptors (Lipinski definition) is 4. The van der Waals surface area contributed by atoms with Crippen LogP contribution >= 0.6 is 0 Å². The summed E-state index contributed by atoms with van der Waals surface area (Å²) in [6, 6.07) is 3.79. The average molecular weight is 234 g/mol.